The lowest BCUT2D eigenvalue weighted by Crippen LogP contribution is -2.08. The first-order valence-electron chi connectivity index (χ1n) is 4.25. The summed E-state index contributed by atoms with van der Waals surface area (Å²) in [5.74, 6) is 0.340. The number of hydrogen-bond donors (Lipinski definition) is 1. The van der Waals surface area contributed by atoms with E-state index in [1.165, 1.54) is 6.92 Å². The molecule has 0 aromatic carbocycles. The highest BCUT2D eigenvalue weighted by molar-refractivity contribution is 5.90. The highest BCUT2D eigenvalue weighted by Gasteiger charge is 2.13. The monoisotopic (exact) mass is 182 g/mol. The van der Waals surface area contributed by atoms with Crippen LogP contribution in [0.2, 0.25) is 0 Å². The Balaban J connectivity index is 3.15. The molecule has 1 aromatic rings. The van der Waals surface area contributed by atoms with Crippen LogP contribution in [0.3, 0.4) is 0 Å². The van der Waals surface area contributed by atoms with Crippen molar-refractivity contribution >= 4 is 5.78 Å². The van der Waals surface area contributed by atoms with Crippen LogP contribution in [-0.4, -0.2) is 20.4 Å². The lowest BCUT2D eigenvalue weighted by Gasteiger charge is -2.08. The van der Waals surface area contributed by atoms with Gasteiger partial charge in [-0.2, -0.15) is 0 Å². The molecule has 1 heterocycles. The van der Waals surface area contributed by atoms with Gasteiger partial charge in [0, 0.05) is 19.2 Å². The third-order valence-corrected chi connectivity index (χ3v) is 1.82. The van der Waals surface area contributed by atoms with Crippen LogP contribution in [0.1, 0.15) is 43.1 Å². The lowest BCUT2D eigenvalue weighted by atomic mass is 10.3. The van der Waals surface area contributed by atoms with E-state index in [0.29, 0.717) is 11.5 Å². The molecule has 13 heavy (non-hydrogen) atoms. The number of rotatable bonds is 3. The number of carbonyl (C=O) groups is 1. The summed E-state index contributed by atoms with van der Waals surface area (Å²) in [6.45, 7) is 5.28. The molecule has 0 bridgehead atoms. The predicted octanol–water partition coefficient (Wildman–Crippen LogP) is 1.16. The van der Waals surface area contributed by atoms with Crippen LogP contribution in [0.25, 0.3) is 0 Å². The van der Waals surface area contributed by atoms with E-state index >= 15 is 0 Å². The second-order valence-corrected chi connectivity index (χ2v) is 3.27. The van der Waals surface area contributed by atoms with Crippen LogP contribution in [0, 0.1) is 0 Å². The molecule has 0 saturated carbocycles. The van der Waals surface area contributed by atoms with Gasteiger partial charge in [-0.3, -0.25) is 4.79 Å². The minimum atomic E-state index is -0.125. The fraction of sp³-hybridized carbons (Fsp3) is 0.556. The van der Waals surface area contributed by atoms with Crippen molar-refractivity contribution < 1.29 is 9.90 Å². The smallest absolute Gasteiger partial charge is 0.195 e. The van der Waals surface area contributed by atoms with Crippen molar-refractivity contribution in [1.82, 2.24) is 9.55 Å². The summed E-state index contributed by atoms with van der Waals surface area (Å²) in [5, 5.41) is 8.85. The van der Waals surface area contributed by atoms with Crippen molar-refractivity contribution in [3.8, 4) is 0 Å². The summed E-state index contributed by atoms with van der Waals surface area (Å²) in [6.07, 6.45) is 1.71. The fourth-order valence-electron chi connectivity index (χ4n) is 1.17. The summed E-state index contributed by atoms with van der Waals surface area (Å²) < 4.78 is 1.77. The number of aliphatic hydroxyl groups is 1. The van der Waals surface area contributed by atoms with E-state index in [2.05, 4.69) is 4.98 Å². The largest absolute Gasteiger partial charge is 0.390 e. The van der Waals surface area contributed by atoms with Gasteiger partial charge in [0.25, 0.3) is 0 Å². The Hall–Kier alpha value is -1.16. The van der Waals surface area contributed by atoms with Crippen LogP contribution in [-0.2, 0) is 6.61 Å². The maximum absolute atomic E-state index is 11.1. The topological polar surface area (TPSA) is 55.1 Å². The molecule has 0 aliphatic carbocycles. The van der Waals surface area contributed by atoms with E-state index in [1.807, 2.05) is 13.8 Å². The summed E-state index contributed by atoms with van der Waals surface area (Å²) in [6, 6.07) is 0.187. The normalized spacial score (nSPS) is 10.8. The Morgan fingerprint density at radius 3 is 2.62 bits per heavy atom. The van der Waals surface area contributed by atoms with Gasteiger partial charge >= 0.3 is 0 Å². The molecule has 0 radical (unpaired) electrons. The molecule has 72 valence electrons. The molecule has 0 fully saturated rings. The van der Waals surface area contributed by atoms with Gasteiger partial charge in [0.15, 0.2) is 11.6 Å². The molecule has 0 saturated heterocycles. The first kappa shape index (κ1) is 9.92. The zero-order valence-electron chi connectivity index (χ0n) is 8.11. The van der Waals surface area contributed by atoms with Crippen molar-refractivity contribution in [2.24, 2.45) is 0 Å². The highest BCUT2D eigenvalue weighted by atomic mass is 16.3. The van der Waals surface area contributed by atoms with E-state index in [4.69, 9.17) is 5.11 Å². The number of ketones is 1. The number of hydrogen-bond acceptors (Lipinski definition) is 3. The molecule has 0 spiro atoms. The molecular weight excluding hydrogens is 168 g/mol. The third-order valence-electron chi connectivity index (χ3n) is 1.82. The Kier molecular flexibility index (Phi) is 2.83. The molecule has 0 atom stereocenters. The third kappa shape index (κ3) is 1.95. The van der Waals surface area contributed by atoms with Gasteiger partial charge in [0.2, 0.25) is 0 Å². The molecule has 0 unspecified atom stereocenters. The summed E-state index contributed by atoms with van der Waals surface area (Å²) in [5.41, 5.74) is 0.541. The van der Waals surface area contributed by atoms with Crippen LogP contribution < -0.4 is 0 Å². The van der Waals surface area contributed by atoms with Crippen molar-refractivity contribution in [3.63, 3.8) is 0 Å². The van der Waals surface area contributed by atoms with Crippen molar-refractivity contribution in [3.05, 3.63) is 17.7 Å². The number of nitrogens with zero attached hydrogens (tertiary/aromatic N) is 2. The van der Waals surface area contributed by atoms with Crippen LogP contribution in [0.15, 0.2) is 6.20 Å². The summed E-state index contributed by atoms with van der Waals surface area (Å²) >= 11 is 0. The van der Waals surface area contributed by atoms with Gasteiger partial charge in [0.05, 0.1) is 12.3 Å². The van der Waals surface area contributed by atoms with E-state index in [-0.39, 0.29) is 18.4 Å². The van der Waals surface area contributed by atoms with Gasteiger partial charge in [-0.1, -0.05) is 0 Å². The van der Waals surface area contributed by atoms with E-state index in [0.717, 1.165) is 0 Å². The second-order valence-electron chi connectivity index (χ2n) is 3.27. The number of carbonyl (C=O) groups excluding carboxylic acids is 1. The maximum Gasteiger partial charge on any atom is 0.195 e. The average molecular weight is 182 g/mol. The fourth-order valence-corrected chi connectivity index (χ4v) is 1.17. The van der Waals surface area contributed by atoms with Crippen molar-refractivity contribution in [1.29, 1.82) is 0 Å². The molecule has 4 heteroatoms. The Bertz CT molecular complexity index is 315. The van der Waals surface area contributed by atoms with Crippen molar-refractivity contribution in [2.75, 3.05) is 0 Å². The first-order chi connectivity index (χ1) is 6.06. The Morgan fingerprint density at radius 2 is 2.31 bits per heavy atom. The first-order valence-corrected chi connectivity index (χ1v) is 4.25. The minimum absolute atomic E-state index is 0.0756. The summed E-state index contributed by atoms with van der Waals surface area (Å²) in [4.78, 5) is 15.1. The van der Waals surface area contributed by atoms with Gasteiger partial charge in [-0.15, -0.1) is 0 Å². The maximum atomic E-state index is 11.1. The molecule has 1 N–H and O–H groups in total. The standard InChI is InChI=1S/C9H14N2O2/c1-6(2)11-4-8(5-12)10-9(11)7(3)13/h4,6,12H,5H2,1-3H3. The number of imidazole rings is 1. The summed E-state index contributed by atoms with van der Waals surface area (Å²) in [7, 11) is 0. The molecule has 0 amide bonds. The zero-order valence-corrected chi connectivity index (χ0v) is 8.11. The molecule has 1 rings (SSSR count). The molecular formula is C9H14N2O2. The number of aliphatic hydroxyl groups excluding tert-OH is 1. The van der Waals surface area contributed by atoms with E-state index in [1.54, 1.807) is 10.8 Å². The van der Waals surface area contributed by atoms with Gasteiger partial charge in [-0.05, 0) is 13.8 Å². The van der Waals surface area contributed by atoms with Crippen LogP contribution >= 0.6 is 0 Å². The second kappa shape index (κ2) is 3.70. The Labute approximate surface area is 77.2 Å². The van der Waals surface area contributed by atoms with Crippen LogP contribution in [0.4, 0.5) is 0 Å². The highest BCUT2D eigenvalue weighted by Crippen LogP contribution is 2.11. The average Bonchev–Trinajstić information content (AvgIpc) is 2.47. The quantitative estimate of drug-likeness (QED) is 0.713. The van der Waals surface area contributed by atoms with E-state index < -0.39 is 0 Å². The lowest BCUT2D eigenvalue weighted by molar-refractivity contribution is 0.0998. The molecule has 4 nitrogen and oxygen atoms in total. The minimum Gasteiger partial charge on any atom is -0.390 e. The Morgan fingerprint density at radius 1 is 1.69 bits per heavy atom. The van der Waals surface area contributed by atoms with Crippen molar-refractivity contribution in [2.45, 2.75) is 33.4 Å². The van der Waals surface area contributed by atoms with Crippen LogP contribution in [0.5, 0.6) is 0 Å². The molecule has 0 aliphatic heterocycles. The molecule has 0 aliphatic rings. The predicted molar refractivity (Wildman–Crippen MR) is 48.5 cm³/mol. The van der Waals surface area contributed by atoms with Gasteiger partial charge in [0.1, 0.15) is 0 Å². The van der Waals surface area contributed by atoms with E-state index in [9.17, 15) is 4.79 Å². The zero-order chi connectivity index (χ0) is 10.0. The van der Waals surface area contributed by atoms with Gasteiger partial charge in [-0.25, -0.2) is 4.98 Å². The SMILES string of the molecule is CC(=O)c1nc(CO)cn1C(C)C. The number of Topliss-reactive ketones (excluding diaryl/α,β-unsaturated/α-hetero) is 1. The number of aromatic nitrogens is 2. The van der Waals surface area contributed by atoms with Gasteiger partial charge < -0.3 is 9.67 Å². The molecule has 1 aromatic heterocycles.